The number of hydrogen-bond donors (Lipinski definition) is 0. The second-order valence-corrected chi connectivity index (χ2v) is 6.71. The van der Waals surface area contributed by atoms with Crippen molar-refractivity contribution in [3.05, 3.63) is 76.0 Å². The van der Waals surface area contributed by atoms with Crippen molar-refractivity contribution >= 4 is 28.6 Å². The molecule has 0 saturated carbocycles. The monoisotopic (exact) mass is 420 g/mol. The topological polar surface area (TPSA) is 108 Å². The molecule has 4 heterocycles. The van der Waals surface area contributed by atoms with E-state index in [4.69, 9.17) is 9.15 Å². The second-order valence-electron chi connectivity index (χ2n) is 6.71. The van der Waals surface area contributed by atoms with Crippen LogP contribution in [0.3, 0.4) is 0 Å². The summed E-state index contributed by atoms with van der Waals surface area (Å²) in [6.45, 7) is 3.59. The van der Waals surface area contributed by atoms with Crippen LogP contribution in [0.4, 0.5) is 0 Å². The molecule has 0 aliphatic rings. The third-order valence-corrected chi connectivity index (χ3v) is 4.71. The van der Waals surface area contributed by atoms with Gasteiger partial charge in [-0.25, -0.2) is 9.78 Å². The first-order chi connectivity index (χ1) is 15.0. The Morgan fingerprint density at radius 1 is 1.19 bits per heavy atom. The van der Waals surface area contributed by atoms with E-state index in [2.05, 4.69) is 9.98 Å². The van der Waals surface area contributed by atoms with Crippen LogP contribution in [-0.4, -0.2) is 32.4 Å². The Morgan fingerprint density at radius 2 is 2.03 bits per heavy atom. The van der Waals surface area contributed by atoms with Crippen LogP contribution >= 0.6 is 0 Å². The minimum absolute atomic E-state index is 0.0116. The van der Waals surface area contributed by atoms with Crippen LogP contribution in [0.2, 0.25) is 0 Å². The van der Waals surface area contributed by atoms with Crippen molar-refractivity contribution in [1.29, 1.82) is 0 Å². The van der Waals surface area contributed by atoms with Crippen molar-refractivity contribution in [2.45, 2.75) is 26.8 Å². The molecule has 158 valence electrons. The van der Waals surface area contributed by atoms with Gasteiger partial charge in [-0.2, -0.15) is 4.99 Å². The van der Waals surface area contributed by atoms with Crippen LogP contribution in [0.1, 0.15) is 36.4 Å². The molecule has 0 aliphatic heterocycles. The van der Waals surface area contributed by atoms with Gasteiger partial charge < -0.3 is 13.7 Å². The van der Waals surface area contributed by atoms with E-state index in [1.807, 2.05) is 0 Å². The van der Waals surface area contributed by atoms with Crippen molar-refractivity contribution in [2.75, 3.05) is 6.61 Å². The molecule has 4 rings (SSSR count). The van der Waals surface area contributed by atoms with Gasteiger partial charge in [-0.05, 0) is 37.3 Å². The number of pyridine rings is 2. The number of ether oxygens (including phenoxy) is 1. The van der Waals surface area contributed by atoms with Gasteiger partial charge in [-0.3, -0.25) is 14.0 Å². The minimum atomic E-state index is -0.683. The smallest absolute Gasteiger partial charge is 0.341 e. The molecule has 4 aromatic rings. The third-order valence-electron chi connectivity index (χ3n) is 4.71. The standard InChI is InChI=1S/C22H20N4O5/c1-3-18(27)24-20-16(22(29)30-4-2)12-15-19(26(20)13-14-8-7-11-31-14)23-17-9-5-6-10-25(17)21(15)28/h5-12H,3-4,13H2,1-2H3. The molecule has 0 radical (unpaired) electrons. The van der Waals surface area contributed by atoms with Gasteiger partial charge in [-0.15, -0.1) is 0 Å². The fourth-order valence-corrected chi connectivity index (χ4v) is 3.26. The zero-order valence-corrected chi connectivity index (χ0v) is 17.1. The number of fused-ring (bicyclic) bond motifs is 2. The van der Waals surface area contributed by atoms with Gasteiger partial charge >= 0.3 is 5.97 Å². The average molecular weight is 420 g/mol. The number of aromatic nitrogens is 3. The quantitative estimate of drug-likeness (QED) is 0.362. The molecule has 9 heteroatoms. The summed E-state index contributed by atoms with van der Waals surface area (Å²) in [5, 5.41) is 0.196. The molecule has 0 bridgehead atoms. The lowest BCUT2D eigenvalue weighted by Gasteiger charge is -2.14. The molecule has 0 unspecified atom stereocenters. The van der Waals surface area contributed by atoms with E-state index in [1.165, 1.54) is 16.7 Å². The van der Waals surface area contributed by atoms with Gasteiger partial charge in [-0.1, -0.05) is 13.0 Å². The first kappa shape index (κ1) is 20.3. The molecule has 9 nitrogen and oxygen atoms in total. The van der Waals surface area contributed by atoms with E-state index < -0.39 is 11.9 Å². The summed E-state index contributed by atoms with van der Waals surface area (Å²) >= 11 is 0. The molecule has 4 aromatic heterocycles. The summed E-state index contributed by atoms with van der Waals surface area (Å²) in [5.41, 5.74) is 0.430. The molecule has 0 spiro atoms. The summed E-state index contributed by atoms with van der Waals surface area (Å²) in [4.78, 5) is 47.0. The van der Waals surface area contributed by atoms with Gasteiger partial charge in [0.1, 0.15) is 22.6 Å². The zero-order valence-electron chi connectivity index (χ0n) is 17.1. The van der Waals surface area contributed by atoms with E-state index >= 15 is 0 Å². The van der Waals surface area contributed by atoms with Crippen molar-refractivity contribution in [3.8, 4) is 0 Å². The molecule has 0 aromatic carbocycles. The third kappa shape index (κ3) is 3.77. The summed E-state index contributed by atoms with van der Waals surface area (Å²) < 4.78 is 13.6. The van der Waals surface area contributed by atoms with E-state index in [0.717, 1.165) is 0 Å². The van der Waals surface area contributed by atoms with Crippen LogP contribution in [0, 0.1) is 0 Å². The second kappa shape index (κ2) is 8.39. The van der Waals surface area contributed by atoms with E-state index in [9.17, 15) is 14.4 Å². The SMILES string of the molecule is CCOC(=O)c1cc2c(=O)n3ccccc3nc2n(Cc2ccco2)c1=NC(=O)CC. The Labute approximate surface area is 176 Å². The van der Waals surface area contributed by atoms with Crippen LogP contribution < -0.4 is 11.0 Å². The lowest BCUT2D eigenvalue weighted by molar-refractivity contribution is -0.117. The minimum Gasteiger partial charge on any atom is -0.467 e. The Bertz CT molecular complexity index is 1410. The highest BCUT2D eigenvalue weighted by atomic mass is 16.5. The molecule has 1 amide bonds. The number of esters is 1. The molecule has 0 atom stereocenters. The Morgan fingerprint density at radius 3 is 2.74 bits per heavy atom. The van der Waals surface area contributed by atoms with Crippen molar-refractivity contribution in [1.82, 2.24) is 14.0 Å². The summed E-state index contributed by atoms with van der Waals surface area (Å²) in [7, 11) is 0. The van der Waals surface area contributed by atoms with E-state index in [1.54, 1.807) is 54.9 Å². The van der Waals surface area contributed by atoms with Crippen LogP contribution in [0.5, 0.6) is 0 Å². The van der Waals surface area contributed by atoms with Gasteiger partial charge in [0.05, 0.1) is 24.8 Å². The first-order valence-corrected chi connectivity index (χ1v) is 9.85. The highest BCUT2D eigenvalue weighted by molar-refractivity contribution is 5.93. The average Bonchev–Trinajstić information content (AvgIpc) is 3.29. The normalized spacial score (nSPS) is 11.9. The molecular formula is C22H20N4O5. The fraction of sp³-hybridized carbons (Fsp3) is 0.227. The van der Waals surface area contributed by atoms with E-state index in [0.29, 0.717) is 11.4 Å². The molecule has 0 aliphatic carbocycles. The maximum atomic E-state index is 13.2. The predicted molar refractivity (Wildman–Crippen MR) is 112 cm³/mol. The Balaban J connectivity index is 2.18. The summed E-state index contributed by atoms with van der Waals surface area (Å²) in [5.74, 6) is -0.559. The molecule has 31 heavy (non-hydrogen) atoms. The van der Waals surface area contributed by atoms with Crippen molar-refractivity contribution < 1.29 is 18.7 Å². The first-order valence-electron chi connectivity index (χ1n) is 9.85. The van der Waals surface area contributed by atoms with Crippen molar-refractivity contribution in [2.24, 2.45) is 4.99 Å². The number of hydrogen-bond acceptors (Lipinski definition) is 6. The van der Waals surface area contributed by atoms with Gasteiger partial charge in [0.15, 0.2) is 5.49 Å². The fourth-order valence-electron chi connectivity index (χ4n) is 3.26. The number of furan rings is 1. The molecule has 0 N–H and O–H groups in total. The number of nitrogens with zero attached hydrogens (tertiary/aromatic N) is 4. The summed E-state index contributed by atoms with van der Waals surface area (Å²) in [6, 6.07) is 10.0. The number of carbonyl (C=O) groups excluding carboxylic acids is 2. The predicted octanol–water partition coefficient (Wildman–Crippen LogP) is 2.30. The molecule has 0 saturated heterocycles. The highest BCUT2D eigenvalue weighted by Gasteiger charge is 2.20. The number of rotatable bonds is 5. The van der Waals surface area contributed by atoms with Crippen LogP contribution in [0.15, 0.2) is 63.1 Å². The molecular weight excluding hydrogens is 400 g/mol. The Hall–Kier alpha value is -4.01. The van der Waals surface area contributed by atoms with Crippen LogP contribution in [-0.2, 0) is 16.1 Å². The maximum Gasteiger partial charge on any atom is 0.341 e. The Kier molecular flexibility index (Phi) is 5.48. The maximum absolute atomic E-state index is 13.2. The lowest BCUT2D eigenvalue weighted by atomic mass is 10.2. The van der Waals surface area contributed by atoms with Crippen molar-refractivity contribution in [3.63, 3.8) is 0 Å². The van der Waals surface area contributed by atoms with E-state index in [-0.39, 0.29) is 47.2 Å². The number of carbonyl (C=O) groups is 2. The van der Waals surface area contributed by atoms with Gasteiger partial charge in [0.2, 0.25) is 5.91 Å². The number of amides is 1. The molecule has 0 fully saturated rings. The highest BCUT2D eigenvalue weighted by Crippen LogP contribution is 2.13. The summed E-state index contributed by atoms with van der Waals surface area (Å²) in [6.07, 6.45) is 3.26. The van der Waals surface area contributed by atoms with Gasteiger partial charge in [0, 0.05) is 12.6 Å². The van der Waals surface area contributed by atoms with Crippen LogP contribution in [0.25, 0.3) is 16.7 Å². The van der Waals surface area contributed by atoms with Gasteiger partial charge in [0.25, 0.3) is 5.56 Å². The lowest BCUT2D eigenvalue weighted by Crippen LogP contribution is -2.33. The largest absolute Gasteiger partial charge is 0.467 e. The zero-order chi connectivity index (χ0) is 22.0.